The van der Waals surface area contributed by atoms with Crippen LogP contribution in [0, 0.1) is 17.5 Å². The first kappa shape index (κ1) is 19.1. The molecule has 3 heterocycles. The van der Waals surface area contributed by atoms with E-state index in [0.29, 0.717) is 19.2 Å². The quantitative estimate of drug-likeness (QED) is 0.527. The van der Waals surface area contributed by atoms with Crippen LogP contribution < -0.4 is 5.32 Å². The number of benzene rings is 1. The smallest absolute Gasteiger partial charge is 0.405 e. The van der Waals surface area contributed by atoms with Gasteiger partial charge in [-0.2, -0.15) is 5.10 Å². The first-order valence-corrected chi connectivity index (χ1v) is 9.98. The van der Waals surface area contributed by atoms with E-state index in [-0.39, 0.29) is 18.2 Å². The van der Waals surface area contributed by atoms with Crippen LogP contribution in [0.2, 0.25) is 0 Å². The number of hydrogen-bond donors (Lipinski definition) is 3. The normalized spacial score (nSPS) is 27.6. The highest BCUT2D eigenvalue weighted by Gasteiger charge is 2.46. The van der Waals surface area contributed by atoms with Gasteiger partial charge in [0.15, 0.2) is 16.9 Å². The average molecular weight is 414 g/mol. The second-order valence-corrected chi connectivity index (χ2v) is 8.57. The van der Waals surface area contributed by atoms with E-state index in [1.165, 1.54) is 0 Å². The number of aromatic nitrogens is 2. The van der Waals surface area contributed by atoms with Gasteiger partial charge in [-0.25, -0.2) is 18.0 Å². The number of rotatable bonds is 3. The number of nitrogens with zero attached hydrogens (tertiary/aromatic N) is 2. The highest BCUT2D eigenvalue weighted by Crippen LogP contribution is 2.39. The molecule has 0 aliphatic carbocycles. The van der Waals surface area contributed by atoms with E-state index < -0.39 is 51.6 Å². The lowest BCUT2D eigenvalue weighted by molar-refractivity contribution is 0.164. The van der Waals surface area contributed by atoms with Crippen molar-refractivity contribution in [2.75, 3.05) is 5.75 Å². The van der Waals surface area contributed by atoms with Crippen LogP contribution >= 0.6 is 0 Å². The second kappa shape index (κ2) is 7.30. The maximum absolute atomic E-state index is 14.3. The van der Waals surface area contributed by atoms with E-state index in [4.69, 9.17) is 0 Å². The molecule has 28 heavy (non-hydrogen) atoms. The number of amides is 1. The molecule has 0 spiro atoms. The van der Waals surface area contributed by atoms with Crippen molar-refractivity contribution < 1.29 is 27.6 Å². The SMILES string of the molecule is O=C(O)N[C@H]1C[C@@H](N2Cc3c[nH]nc3C2)C[S+]([O-])C1c1cc(F)cc(F)c1F. The standard InChI is InChI=1S/C17H17F3N4O3S/c18-9-1-11(15(20)12(19)2-9)16-13(22-17(25)26)3-10(7-28(16)27)24-5-8-4-21-23-14(8)6-24/h1-2,4,10,13,16,22H,3,5-7H2,(H,21,23)(H,25,26)/t10-,13+,16?,28?/m1/s1. The van der Waals surface area contributed by atoms with Crippen LogP contribution in [0.5, 0.6) is 0 Å². The van der Waals surface area contributed by atoms with Gasteiger partial charge in [0.25, 0.3) is 0 Å². The van der Waals surface area contributed by atoms with E-state index in [1.807, 2.05) is 4.90 Å². The minimum Gasteiger partial charge on any atom is -0.616 e. The van der Waals surface area contributed by atoms with Gasteiger partial charge in [-0.15, -0.1) is 0 Å². The van der Waals surface area contributed by atoms with Crippen LogP contribution in [0.15, 0.2) is 18.3 Å². The van der Waals surface area contributed by atoms with Crippen LogP contribution in [0.1, 0.15) is 28.5 Å². The van der Waals surface area contributed by atoms with Crippen LogP contribution in [0.3, 0.4) is 0 Å². The Kier molecular flexibility index (Phi) is 4.98. The molecule has 0 bridgehead atoms. The molecule has 1 aromatic carbocycles. The summed E-state index contributed by atoms with van der Waals surface area (Å²) >= 11 is -1.75. The van der Waals surface area contributed by atoms with E-state index in [0.717, 1.165) is 17.3 Å². The molecule has 0 saturated carbocycles. The summed E-state index contributed by atoms with van der Waals surface area (Å²) in [4.78, 5) is 13.3. The van der Waals surface area contributed by atoms with Gasteiger partial charge in [0.1, 0.15) is 11.6 Å². The van der Waals surface area contributed by atoms with Crippen molar-refractivity contribution in [3.05, 3.63) is 52.6 Å². The molecule has 7 nitrogen and oxygen atoms in total. The number of aromatic amines is 1. The third-order valence-corrected chi connectivity index (χ3v) is 7.08. The number of H-pyrrole nitrogens is 1. The topological polar surface area (TPSA) is 104 Å². The summed E-state index contributed by atoms with van der Waals surface area (Å²) in [6.45, 7) is 1.09. The molecule has 2 unspecified atom stereocenters. The molecular weight excluding hydrogens is 397 g/mol. The molecule has 1 aromatic heterocycles. The summed E-state index contributed by atoms with van der Waals surface area (Å²) in [5, 5.41) is 17.2. The van der Waals surface area contributed by atoms with E-state index in [1.54, 1.807) is 6.20 Å². The van der Waals surface area contributed by atoms with Crippen LogP contribution in [0.4, 0.5) is 18.0 Å². The van der Waals surface area contributed by atoms with Crippen LogP contribution in [-0.2, 0) is 24.3 Å². The van der Waals surface area contributed by atoms with Crippen molar-refractivity contribution in [3.63, 3.8) is 0 Å². The molecule has 1 saturated heterocycles. The van der Waals surface area contributed by atoms with Gasteiger partial charge < -0.3 is 15.0 Å². The van der Waals surface area contributed by atoms with Gasteiger partial charge in [-0.05, 0) is 23.7 Å². The van der Waals surface area contributed by atoms with Gasteiger partial charge in [-0.1, -0.05) is 0 Å². The zero-order valence-electron chi connectivity index (χ0n) is 14.5. The summed E-state index contributed by atoms with van der Waals surface area (Å²) in [6, 6.07) is -0.0196. The zero-order valence-corrected chi connectivity index (χ0v) is 15.3. The van der Waals surface area contributed by atoms with Crippen LogP contribution in [-0.4, -0.2) is 48.7 Å². The monoisotopic (exact) mass is 414 g/mol. The summed E-state index contributed by atoms with van der Waals surface area (Å²) in [7, 11) is 0. The Hall–Kier alpha value is -2.24. The van der Waals surface area contributed by atoms with E-state index in [2.05, 4.69) is 15.5 Å². The zero-order chi connectivity index (χ0) is 20.0. The predicted molar refractivity (Wildman–Crippen MR) is 93.3 cm³/mol. The van der Waals surface area contributed by atoms with Crippen molar-refractivity contribution >= 4 is 17.3 Å². The minimum absolute atomic E-state index is 0.133. The number of nitrogens with one attached hydrogen (secondary N) is 2. The molecule has 1 fully saturated rings. The molecule has 1 amide bonds. The first-order chi connectivity index (χ1) is 13.3. The molecule has 2 aromatic rings. The van der Waals surface area contributed by atoms with Gasteiger partial charge in [0.2, 0.25) is 0 Å². The fraction of sp³-hybridized carbons (Fsp3) is 0.412. The molecule has 150 valence electrons. The average Bonchev–Trinajstić information content (AvgIpc) is 3.19. The van der Waals surface area contributed by atoms with Crippen molar-refractivity contribution in [1.29, 1.82) is 0 Å². The molecule has 2 aliphatic heterocycles. The fourth-order valence-electron chi connectivity index (χ4n) is 3.99. The van der Waals surface area contributed by atoms with Gasteiger partial charge in [0.05, 0.1) is 17.8 Å². The Bertz CT molecular complexity index is 891. The highest BCUT2D eigenvalue weighted by atomic mass is 32.2. The molecule has 4 atom stereocenters. The van der Waals surface area contributed by atoms with Crippen molar-refractivity contribution in [3.8, 4) is 0 Å². The lowest BCUT2D eigenvalue weighted by Gasteiger charge is -2.40. The largest absolute Gasteiger partial charge is 0.616 e. The molecule has 4 rings (SSSR count). The Morgan fingerprint density at radius 1 is 1.36 bits per heavy atom. The van der Waals surface area contributed by atoms with Gasteiger partial charge in [-0.3, -0.25) is 10.00 Å². The van der Waals surface area contributed by atoms with E-state index >= 15 is 0 Å². The Balaban J connectivity index is 1.62. The first-order valence-electron chi connectivity index (χ1n) is 8.60. The number of hydrogen-bond acceptors (Lipinski definition) is 4. The van der Waals surface area contributed by atoms with Gasteiger partial charge in [0, 0.05) is 36.5 Å². The maximum atomic E-state index is 14.3. The molecule has 0 radical (unpaired) electrons. The van der Waals surface area contributed by atoms with Crippen molar-refractivity contribution in [2.45, 2.75) is 36.8 Å². The maximum Gasteiger partial charge on any atom is 0.405 e. The summed E-state index contributed by atoms with van der Waals surface area (Å²) < 4.78 is 54.6. The molecule has 3 N–H and O–H groups in total. The predicted octanol–water partition coefficient (Wildman–Crippen LogP) is 2.04. The third kappa shape index (κ3) is 3.45. The Labute approximate surface area is 161 Å². The number of carboxylic acid groups (broad SMARTS) is 1. The minimum atomic E-state index is -1.75. The molecule has 11 heteroatoms. The second-order valence-electron chi connectivity index (χ2n) is 6.97. The lowest BCUT2D eigenvalue weighted by Crippen LogP contribution is -2.53. The van der Waals surface area contributed by atoms with Crippen molar-refractivity contribution in [1.82, 2.24) is 20.4 Å². The molecular formula is C17H17F3N4O3S. The highest BCUT2D eigenvalue weighted by molar-refractivity contribution is 7.91. The fourth-order valence-corrected chi connectivity index (χ4v) is 5.93. The summed E-state index contributed by atoms with van der Waals surface area (Å²) in [5.74, 6) is -3.58. The third-order valence-electron chi connectivity index (χ3n) is 5.22. The Morgan fingerprint density at radius 2 is 2.14 bits per heavy atom. The van der Waals surface area contributed by atoms with Gasteiger partial charge >= 0.3 is 6.09 Å². The number of halogens is 3. The van der Waals surface area contributed by atoms with E-state index in [9.17, 15) is 27.6 Å². The Morgan fingerprint density at radius 3 is 2.86 bits per heavy atom. The molecule has 2 aliphatic rings. The van der Waals surface area contributed by atoms with Crippen LogP contribution in [0.25, 0.3) is 0 Å². The summed E-state index contributed by atoms with van der Waals surface area (Å²) in [5.41, 5.74) is 1.46. The number of fused-ring (bicyclic) bond motifs is 1. The van der Waals surface area contributed by atoms with Crippen molar-refractivity contribution in [2.24, 2.45) is 0 Å². The number of carbonyl (C=O) groups is 1. The lowest BCUT2D eigenvalue weighted by atomic mass is 9.97. The summed E-state index contributed by atoms with van der Waals surface area (Å²) in [6.07, 6.45) is 0.629.